The van der Waals surface area contributed by atoms with Crippen LogP contribution in [0.2, 0.25) is 6.55 Å². The first kappa shape index (κ1) is 13.2. The second-order valence-electron chi connectivity index (χ2n) is 2.61. The molecule has 0 radical (unpaired) electrons. The van der Waals surface area contributed by atoms with Gasteiger partial charge in [0.1, 0.15) is 0 Å². The Morgan fingerprint density at radius 1 is 1.38 bits per heavy atom. The van der Waals surface area contributed by atoms with E-state index in [1.165, 1.54) is 7.11 Å². The maximum Gasteiger partial charge on any atom is 0.439 e. The second kappa shape index (κ2) is 5.19. The largest absolute Gasteiger partial charge is 0.439 e. The fourth-order valence-electron chi connectivity index (χ4n) is 0.586. The summed E-state index contributed by atoms with van der Waals surface area (Å²) in [6, 6.07) is 0. The minimum Gasteiger partial charge on any atom is -0.387 e. The van der Waals surface area contributed by atoms with Crippen molar-refractivity contribution in [2.75, 3.05) is 13.7 Å². The SMILES string of the molecule is CO[Si](C)(Cl)OCCCC(F)(F)F. The Balaban J connectivity index is 3.47. The summed E-state index contributed by atoms with van der Waals surface area (Å²) in [7, 11) is -1.29. The van der Waals surface area contributed by atoms with Crippen molar-refractivity contribution in [3.8, 4) is 0 Å². The van der Waals surface area contributed by atoms with E-state index in [2.05, 4.69) is 0 Å². The topological polar surface area (TPSA) is 18.5 Å². The summed E-state index contributed by atoms with van der Waals surface area (Å²) in [5.41, 5.74) is 0. The van der Waals surface area contributed by atoms with E-state index >= 15 is 0 Å². The molecule has 0 aromatic rings. The van der Waals surface area contributed by atoms with Crippen LogP contribution >= 0.6 is 11.1 Å². The van der Waals surface area contributed by atoms with E-state index in [0.29, 0.717) is 0 Å². The number of rotatable bonds is 5. The Morgan fingerprint density at radius 2 is 1.92 bits per heavy atom. The fourth-order valence-corrected chi connectivity index (χ4v) is 1.44. The lowest BCUT2D eigenvalue weighted by atomic mass is 10.3. The first-order valence-corrected chi connectivity index (χ1v) is 7.04. The first-order chi connectivity index (χ1) is 5.77. The van der Waals surface area contributed by atoms with E-state index in [1.807, 2.05) is 0 Å². The smallest absolute Gasteiger partial charge is 0.387 e. The van der Waals surface area contributed by atoms with Crippen molar-refractivity contribution in [2.24, 2.45) is 0 Å². The summed E-state index contributed by atoms with van der Waals surface area (Å²) in [6.45, 7) is 1.54. The quantitative estimate of drug-likeness (QED) is 0.415. The van der Waals surface area contributed by atoms with Gasteiger partial charge in [-0.25, -0.2) is 0 Å². The van der Waals surface area contributed by atoms with Gasteiger partial charge in [-0.05, 0) is 13.0 Å². The van der Waals surface area contributed by atoms with E-state index in [4.69, 9.17) is 19.9 Å². The molecule has 0 aromatic heterocycles. The molecule has 0 bridgehead atoms. The lowest BCUT2D eigenvalue weighted by molar-refractivity contribution is -0.136. The summed E-state index contributed by atoms with van der Waals surface area (Å²) < 4.78 is 44.7. The summed E-state index contributed by atoms with van der Waals surface area (Å²) in [5.74, 6) is 0. The lowest BCUT2D eigenvalue weighted by Gasteiger charge is -2.17. The van der Waals surface area contributed by atoms with E-state index in [0.717, 1.165) is 0 Å². The van der Waals surface area contributed by atoms with E-state index in [-0.39, 0.29) is 13.0 Å². The molecule has 0 saturated carbocycles. The average Bonchev–Trinajstić information content (AvgIpc) is 1.97. The Morgan fingerprint density at radius 3 is 2.31 bits per heavy atom. The van der Waals surface area contributed by atoms with Crippen LogP contribution in [0.15, 0.2) is 0 Å². The number of halogens is 4. The van der Waals surface area contributed by atoms with Crippen molar-refractivity contribution in [2.45, 2.75) is 25.6 Å². The van der Waals surface area contributed by atoms with Gasteiger partial charge in [0, 0.05) is 20.1 Å². The van der Waals surface area contributed by atoms with Crippen molar-refractivity contribution in [3.63, 3.8) is 0 Å². The fraction of sp³-hybridized carbons (Fsp3) is 1.00. The zero-order chi connectivity index (χ0) is 10.5. The molecule has 2 nitrogen and oxygen atoms in total. The molecule has 1 atom stereocenters. The molecule has 0 aliphatic rings. The van der Waals surface area contributed by atoms with Gasteiger partial charge in [0.25, 0.3) is 0 Å². The highest BCUT2D eigenvalue weighted by molar-refractivity contribution is 7.12. The van der Waals surface area contributed by atoms with Crippen LogP contribution in [0.25, 0.3) is 0 Å². The molecule has 1 unspecified atom stereocenters. The van der Waals surface area contributed by atoms with Crippen LogP contribution in [0.1, 0.15) is 12.8 Å². The molecule has 0 amide bonds. The molecular formula is C6H12ClF3O2Si. The number of hydrogen-bond donors (Lipinski definition) is 0. The number of alkyl halides is 3. The van der Waals surface area contributed by atoms with Gasteiger partial charge < -0.3 is 8.85 Å². The van der Waals surface area contributed by atoms with Gasteiger partial charge in [0.15, 0.2) is 0 Å². The van der Waals surface area contributed by atoms with Gasteiger partial charge >= 0.3 is 14.0 Å². The minimum absolute atomic E-state index is 0.0143. The molecule has 0 aliphatic carbocycles. The molecule has 80 valence electrons. The normalized spacial score (nSPS) is 17.1. The molecule has 0 rings (SSSR count). The van der Waals surface area contributed by atoms with Gasteiger partial charge in [-0.2, -0.15) is 13.2 Å². The summed E-state index contributed by atoms with van der Waals surface area (Å²) in [5, 5.41) is 0. The summed E-state index contributed by atoms with van der Waals surface area (Å²) >= 11 is 5.68. The van der Waals surface area contributed by atoms with Crippen LogP contribution in [0, 0.1) is 0 Å². The maximum absolute atomic E-state index is 11.6. The van der Waals surface area contributed by atoms with Gasteiger partial charge in [-0.3, -0.25) is 0 Å². The van der Waals surface area contributed by atoms with Crippen LogP contribution in [0.3, 0.4) is 0 Å². The standard InChI is InChI=1S/C6H12ClF3O2Si/c1-11-13(2,7)12-5-3-4-6(8,9)10/h3-5H2,1-2H3. The molecule has 0 aliphatic heterocycles. The third kappa shape index (κ3) is 8.54. The van der Waals surface area contributed by atoms with Gasteiger partial charge in [0.2, 0.25) is 0 Å². The van der Waals surface area contributed by atoms with Crippen LogP contribution in [0.5, 0.6) is 0 Å². The first-order valence-electron chi connectivity index (χ1n) is 3.71. The number of hydrogen-bond acceptors (Lipinski definition) is 2. The Labute approximate surface area is 80.9 Å². The predicted molar refractivity (Wildman–Crippen MR) is 45.7 cm³/mol. The van der Waals surface area contributed by atoms with Crippen LogP contribution in [-0.4, -0.2) is 27.8 Å². The highest BCUT2D eigenvalue weighted by Crippen LogP contribution is 2.22. The van der Waals surface area contributed by atoms with E-state index < -0.39 is 20.5 Å². The molecule has 0 heterocycles. The van der Waals surface area contributed by atoms with E-state index in [1.54, 1.807) is 6.55 Å². The van der Waals surface area contributed by atoms with Crippen LogP contribution in [0.4, 0.5) is 13.2 Å². The maximum atomic E-state index is 11.6. The minimum atomic E-state index is -4.12. The van der Waals surface area contributed by atoms with Crippen LogP contribution < -0.4 is 0 Å². The van der Waals surface area contributed by atoms with Crippen molar-refractivity contribution in [1.29, 1.82) is 0 Å². The van der Waals surface area contributed by atoms with E-state index in [9.17, 15) is 13.2 Å². The van der Waals surface area contributed by atoms with Crippen molar-refractivity contribution >= 4 is 18.9 Å². The highest BCUT2D eigenvalue weighted by Gasteiger charge is 2.29. The Kier molecular flexibility index (Phi) is 5.27. The van der Waals surface area contributed by atoms with Crippen molar-refractivity contribution < 1.29 is 22.0 Å². The monoisotopic (exact) mass is 236 g/mol. The molecule has 0 aromatic carbocycles. The van der Waals surface area contributed by atoms with Gasteiger partial charge in [-0.15, -0.1) is 0 Å². The van der Waals surface area contributed by atoms with Gasteiger partial charge in [-0.1, -0.05) is 11.1 Å². The van der Waals surface area contributed by atoms with Crippen molar-refractivity contribution in [3.05, 3.63) is 0 Å². The Hall–Kier alpha value is 0.217. The summed E-state index contributed by atoms with van der Waals surface area (Å²) in [4.78, 5) is 0. The second-order valence-corrected chi connectivity index (χ2v) is 7.03. The molecule has 0 spiro atoms. The third-order valence-corrected chi connectivity index (χ3v) is 3.57. The Bertz CT molecular complexity index is 151. The molecule has 13 heavy (non-hydrogen) atoms. The molecule has 0 N–H and O–H groups in total. The molecule has 0 saturated heterocycles. The predicted octanol–water partition coefficient (Wildman–Crippen LogP) is 2.80. The zero-order valence-electron chi connectivity index (χ0n) is 7.45. The third-order valence-electron chi connectivity index (χ3n) is 1.33. The molecular weight excluding hydrogens is 225 g/mol. The summed E-state index contributed by atoms with van der Waals surface area (Å²) in [6.07, 6.45) is -5.05. The lowest BCUT2D eigenvalue weighted by Crippen LogP contribution is -2.31. The zero-order valence-corrected chi connectivity index (χ0v) is 9.21. The van der Waals surface area contributed by atoms with Gasteiger partial charge in [0.05, 0.1) is 0 Å². The highest BCUT2D eigenvalue weighted by atomic mass is 35.6. The van der Waals surface area contributed by atoms with Crippen molar-refractivity contribution in [1.82, 2.24) is 0 Å². The molecule has 0 fully saturated rings. The average molecular weight is 237 g/mol. The van der Waals surface area contributed by atoms with Crippen LogP contribution in [-0.2, 0) is 8.85 Å². The molecule has 7 heteroatoms.